The number of phenolic OH excluding ortho intramolecular Hbond substituents is 1. The minimum absolute atomic E-state index is 0.0343. The number of rotatable bonds is 3. The summed E-state index contributed by atoms with van der Waals surface area (Å²) in [5.41, 5.74) is -0.409. The highest BCUT2D eigenvalue weighted by atomic mass is 19.1. The number of nitrogens with zero attached hydrogens (tertiary/aromatic N) is 2. The fourth-order valence-electron chi connectivity index (χ4n) is 1.39. The van der Waals surface area contributed by atoms with Gasteiger partial charge in [-0.15, -0.1) is 0 Å². The number of benzene rings is 1. The number of carbonyl (C=O) groups excluding carboxylic acids is 1. The molecule has 1 heterocycles. The molecule has 0 saturated carbocycles. The molecular weight excluding hydrogens is 241 g/mol. The lowest BCUT2D eigenvalue weighted by molar-refractivity contribution is 0.0939. The molecule has 0 fully saturated rings. The van der Waals surface area contributed by atoms with Gasteiger partial charge in [-0.05, 0) is 19.1 Å². The van der Waals surface area contributed by atoms with Crippen molar-refractivity contribution in [3.63, 3.8) is 0 Å². The lowest BCUT2D eigenvalue weighted by atomic mass is 10.1. The lowest BCUT2D eigenvalue weighted by Gasteiger charge is -2.05. The molecule has 1 amide bonds. The minimum Gasteiger partial charge on any atom is -0.507 e. The largest absolute Gasteiger partial charge is 0.507 e. The summed E-state index contributed by atoms with van der Waals surface area (Å²) < 4.78 is 18.1. The highest BCUT2D eigenvalue weighted by Gasteiger charge is 2.16. The first-order valence-electron chi connectivity index (χ1n) is 5.13. The van der Waals surface area contributed by atoms with Crippen molar-refractivity contribution in [1.29, 1.82) is 0 Å². The van der Waals surface area contributed by atoms with Gasteiger partial charge in [-0.25, -0.2) is 4.39 Å². The van der Waals surface area contributed by atoms with Gasteiger partial charge < -0.3 is 14.9 Å². The molecule has 0 saturated heterocycles. The van der Waals surface area contributed by atoms with Crippen molar-refractivity contribution in [3.8, 4) is 5.75 Å². The predicted molar refractivity (Wildman–Crippen MR) is 58.3 cm³/mol. The monoisotopic (exact) mass is 251 g/mol. The fourth-order valence-corrected chi connectivity index (χ4v) is 1.39. The van der Waals surface area contributed by atoms with Gasteiger partial charge in [0.2, 0.25) is 5.89 Å². The van der Waals surface area contributed by atoms with Crippen molar-refractivity contribution in [3.05, 3.63) is 41.3 Å². The molecule has 0 aliphatic heterocycles. The third kappa shape index (κ3) is 2.45. The van der Waals surface area contributed by atoms with Gasteiger partial charge in [0.15, 0.2) is 5.82 Å². The Balaban J connectivity index is 2.08. The van der Waals surface area contributed by atoms with Crippen molar-refractivity contribution in [2.45, 2.75) is 13.5 Å². The van der Waals surface area contributed by atoms with Gasteiger partial charge in [-0.1, -0.05) is 11.2 Å². The van der Waals surface area contributed by atoms with E-state index in [1.165, 1.54) is 12.1 Å². The number of hydrogen-bond acceptors (Lipinski definition) is 5. The highest BCUT2D eigenvalue weighted by Crippen LogP contribution is 2.19. The number of carbonyl (C=O) groups is 1. The summed E-state index contributed by atoms with van der Waals surface area (Å²) in [4.78, 5) is 15.5. The van der Waals surface area contributed by atoms with Crippen LogP contribution in [0.15, 0.2) is 22.7 Å². The van der Waals surface area contributed by atoms with Crippen LogP contribution in [0.4, 0.5) is 4.39 Å². The number of aromatic nitrogens is 2. The Morgan fingerprint density at radius 2 is 2.33 bits per heavy atom. The normalized spacial score (nSPS) is 10.3. The Morgan fingerprint density at radius 1 is 1.56 bits per heavy atom. The maximum absolute atomic E-state index is 13.4. The minimum atomic E-state index is -0.797. The zero-order chi connectivity index (χ0) is 13.1. The van der Waals surface area contributed by atoms with E-state index in [2.05, 4.69) is 15.5 Å². The molecule has 7 heteroatoms. The Labute approximate surface area is 101 Å². The predicted octanol–water partition coefficient (Wildman–Crippen LogP) is 1.15. The molecule has 0 aliphatic rings. The molecule has 6 nitrogen and oxygen atoms in total. The van der Waals surface area contributed by atoms with Crippen LogP contribution in [0.2, 0.25) is 0 Å². The van der Waals surface area contributed by atoms with Crippen LogP contribution < -0.4 is 5.32 Å². The summed E-state index contributed by atoms with van der Waals surface area (Å²) in [6.45, 7) is 1.60. The number of aryl methyl sites for hydroxylation is 1. The van der Waals surface area contributed by atoms with Crippen LogP contribution in [0.5, 0.6) is 5.75 Å². The molecular formula is C11H10FN3O3. The molecule has 18 heavy (non-hydrogen) atoms. The van der Waals surface area contributed by atoms with Crippen molar-refractivity contribution >= 4 is 5.91 Å². The average Bonchev–Trinajstić information content (AvgIpc) is 2.72. The van der Waals surface area contributed by atoms with Crippen molar-refractivity contribution in [2.24, 2.45) is 0 Å². The first kappa shape index (κ1) is 12.0. The number of hydrogen-bond donors (Lipinski definition) is 2. The summed E-state index contributed by atoms with van der Waals surface area (Å²) in [5.74, 6) is -1.32. The van der Waals surface area contributed by atoms with Crippen LogP contribution in [0.3, 0.4) is 0 Å². The van der Waals surface area contributed by atoms with Gasteiger partial charge in [-0.2, -0.15) is 4.98 Å². The molecule has 0 radical (unpaired) electrons. The molecule has 0 spiro atoms. The van der Waals surface area contributed by atoms with Crippen LogP contribution in [-0.4, -0.2) is 21.2 Å². The van der Waals surface area contributed by atoms with Gasteiger partial charge in [0, 0.05) is 0 Å². The van der Waals surface area contributed by atoms with E-state index in [9.17, 15) is 14.3 Å². The summed E-state index contributed by atoms with van der Waals surface area (Å²) in [6.07, 6.45) is 0. The molecule has 0 bridgehead atoms. The SMILES string of the molecule is Cc1noc(CNC(=O)c2c(O)cccc2F)n1. The number of aromatic hydroxyl groups is 1. The second-order valence-corrected chi connectivity index (χ2v) is 3.55. The molecule has 1 aromatic carbocycles. The van der Waals surface area contributed by atoms with Gasteiger partial charge >= 0.3 is 0 Å². The second-order valence-electron chi connectivity index (χ2n) is 3.55. The summed E-state index contributed by atoms with van der Waals surface area (Å²) in [7, 11) is 0. The smallest absolute Gasteiger partial charge is 0.258 e. The van der Waals surface area contributed by atoms with E-state index in [0.29, 0.717) is 5.82 Å². The molecule has 2 rings (SSSR count). The Kier molecular flexibility index (Phi) is 3.22. The Morgan fingerprint density at radius 3 is 2.94 bits per heavy atom. The van der Waals surface area contributed by atoms with E-state index in [1.54, 1.807) is 6.92 Å². The molecule has 0 unspecified atom stereocenters. The van der Waals surface area contributed by atoms with Gasteiger partial charge in [0.05, 0.1) is 6.54 Å². The van der Waals surface area contributed by atoms with Crippen molar-refractivity contribution in [2.75, 3.05) is 0 Å². The fraction of sp³-hybridized carbons (Fsp3) is 0.182. The first-order chi connectivity index (χ1) is 8.58. The number of nitrogens with one attached hydrogen (secondary N) is 1. The maximum Gasteiger partial charge on any atom is 0.258 e. The number of halogens is 1. The topological polar surface area (TPSA) is 88.2 Å². The summed E-state index contributed by atoms with van der Waals surface area (Å²) in [6, 6.07) is 3.63. The molecule has 1 aromatic heterocycles. The zero-order valence-electron chi connectivity index (χ0n) is 9.48. The standard InChI is InChI=1S/C11H10FN3O3/c1-6-14-9(18-15-6)5-13-11(17)10-7(12)3-2-4-8(10)16/h2-4,16H,5H2,1H3,(H,13,17). The van der Waals surface area contributed by atoms with Crippen LogP contribution >= 0.6 is 0 Å². The van der Waals surface area contributed by atoms with Crippen molar-refractivity contribution < 1.29 is 18.8 Å². The maximum atomic E-state index is 13.4. The molecule has 0 atom stereocenters. The van der Waals surface area contributed by atoms with Crippen LogP contribution in [0.1, 0.15) is 22.1 Å². The second kappa shape index (κ2) is 4.82. The number of phenols is 1. The van der Waals surface area contributed by atoms with E-state index >= 15 is 0 Å². The summed E-state index contributed by atoms with van der Waals surface area (Å²) >= 11 is 0. The zero-order valence-corrected chi connectivity index (χ0v) is 9.48. The average molecular weight is 251 g/mol. The van der Waals surface area contributed by atoms with Crippen LogP contribution in [0.25, 0.3) is 0 Å². The molecule has 2 N–H and O–H groups in total. The van der Waals surface area contributed by atoms with Crippen molar-refractivity contribution in [1.82, 2.24) is 15.5 Å². The summed E-state index contributed by atoms with van der Waals surface area (Å²) in [5, 5.41) is 15.3. The van der Waals surface area contributed by atoms with Crippen LogP contribution in [-0.2, 0) is 6.54 Å². The highest BCUT2D eigenvalue weighted by molar-refractivity contribution is 5.96. The van der Waals surface area contributed by atoms with E-state index < -0.39 is 23.0 Å². The van der Waals surface area contributed by atoms with E-state index in [4.69, 9.17) is 4.52 Å². The Bertz CT molecular complexity index is 562. The van der Waals surface area contributed by atoms with E-state index in [1.807, 2.05) is 0 Å². The third-order valence-corrected chi connectivity index (χ3v) is 2.19. The Hall–Kier alpha value is -2.44. The molecule has 0 aliphatic carbocycles. The van der Waals surface area contributed by atoms with Gasteiger partial charge in [0.25, 0.3) is 5.91 Å². The molecule has 94 valence electrons. The lowest BCUT2D eigenvalue weighted by Crippen LogP contribution is -2.24. The third-order valence-electron chi connectivity index (χ3n) is 2.19. The van der Waals surface area contributed by atoms with E-state index in [-0.39, 0.29) is 12.4 Å². The van der Waals surface area contributed by atoms with Gasteiger partial charge in [-0.3, -0.25) is 4.79 Å². The van der Waals surface area contributed by atoms with Gasteiger partial charge in [0.1, 0.15) is 17.1 Å². The first-order valence-corrected chi connectivity index (χ1v) is 5.13. The van der Waals surface area contributed by atoms with Crippen LogP contribution in [0, 0.1) is 12.7 Å². The molecule has 2 aromatic rings. The number of amides is 1. The van der Waals surface area contributed by atoms with E-state index in [0.717, 1.165) is 6.07 Å². The quantitative estimate of drug-likeness (QED) is 0.854.